The maximum Gasteiger partial charge on any atom is 0.416 e. The van der Waals surface area contributed by atoms with Gasteiger partial charge in [-0.3, -0.25) is 0 Å². The van der Waals surface area contributed by atoms with Crippen molar-refractivity contribution in [2.45, 2.75) is 12.1 Å². The van der Waals surface area contributed by atoms with Crippen LogP contribution in [0.15, 0.2) is 42.5 Å². The van der Waals surface area contributed by atoms with Gasteiger partial charge in [-0.05, 0) is 42.0 Å². The monoisotopic (exact) mass is 579 g/mol. The van der Waals surface area contributed by atoms with Gasteiger partial charge in [0.05, 0.1) is 28.5 Å². The van der Waals surface area contributed by atoms with Gasteiger partial charge in [0.1, 0.15) is 5.75 Å². The second-order valence-corrected chi connectivity index (χ2v) is 12.0. The van der Waals surface area contributed by atoms with Crippen LogP contribution in [0.1, 0.15) is 17.0 Å². The van der Waals surface area contributed by atoms with Gasteiger partial charge in [-0.15, -0.1) is 0 Å². The molecule has 2 aromatic rings. The van der Waals surface area contributed by atoms with E-state index >= 15 is 0 Å². The number of carbonyl (C=O) groups excluding carboxylic acids is 1. The fourth-order valence-electron chi connectivity index (χ4n) is 4.67. The molecule has 2 atom stereocenters. The van der Waals surface area contributed by atoms with Crippen LogP contribution in [0, 0.1) is 5.92 Å². The van der Waals surface area contributed by atoms with E-state index in [0.29, 0.717) is 28.9 Å². The molecule has 2 aromatic carbocycles. The smallest absolute Gasteiger partial charge is 0.416 e. The number of nitrogens with zero attached hydrogens (tertiary/aromatic N) is 3. The molecule has 0 aromatic heterocycles. The van der Waals surface area contributed by atoms with E-state index in [2.05, 4.69) is 0 Å². The van der Waals surface area contributed by atoms with Gasteiger partial charge >= 0.3 is 12.2 Å². The SMILES string of the molecule is CS(=O)(=O)N1CCN(C(=O)N2CC(c3ccc(Cl)c(Cl)c3)[C@H](COc3ccc(C(F)(F)F)cc3)C2)CC1. The van der Waals surface area contributed by atoms with Gasteiger partial charge in [0.2, 0.25) is 10.0 Å². The Balaban J connectivity index is 1.47. The van der Waals surface area contributed by atoms with E-state index < -0.39 is 21.8 Å². The third-order valence-corrected chi connectivity index (χ3v) is 8.75. The number of hydrogen-bond donors (Lipinski definition) is 0. The predicted octanol–water partition coefficient (Wildman–Crippen LogP) is 4.80. The molecule has 2 fully saturated rings. The summed E-state index contributed by atoms with van der Waals surface area (Å²) in [4.78, 5) is 16.6. The largest absolute Gasteiger partial charge is 0.493 e. The van der Waals surface area contributed by atoms with Crippen LogP contribution < -0.4 is 4.74 Å². The van der Waals surface area contributed by atoms with Crippen molar-refractivity contribution in [3.05, 3.63) is 63.6 Å². The Morgan fingerprint density at radius 2 is 1.62 bits per heavy atom. The summed E-state index contributed by atoms with van der Waals surface area (Å²) in [5, 5.41) is 0.779. The van der Waals surface area contributed by atoms with Crippen molar-refractivity contribution in [2.75, 3.05) is 52.1 Å². The van der Waals surface area contributed by atoms with Crippen LogP contribution >= 0.6 is 23.2 Å². The molecule has 7 nitrogen and oxygen atoms in total. The molecule has 0 bridgehead atoms. The first-order valence-corrected chi connectivity index (χ1v) is 14.2. The summed E-state index contributed by atoms with van der Waals surface area (Å²) < 4.78 is 69.4. The van der Waals surface area contributed by atoms with E-state index in [-0.39, 0.29) is 50.7 Å². The molecule has 0 radical (unpaired) electrons. The van der Waals surface area contributed by atoms with E-state index in [0.717, 1.165) is 24.0 Å². The lowest BCUT2D eigenvalue weighted by Gasteiger charge is -2.35. The van der Waals surface area contributed by atoms with Crippen molar-refractivity contribution >= 4 is 39.3 Å². The fourth-order valence-corrected chi connectivity index (χ4v) is 5.80. The average molecular weight is 580 g/mol. The minimum Gasteiger partial charge on any atom is -0.493 e. The summed E-state index contributed by atoms with van der Waals surface area (Å²) in [5.74, 6) is -0.0196. The maximum atomic E-state index is 13.3. The third kappa shape index (κ3) is 6.63. The number of ether oxygens (including phenoxy) is 1. The first-order valence-electron chi connectivity index (χ1n) is 11.6. The molecular weight excluding hydrogens is 554 g/mol. The lowest BCUT2D eigenvalue weighted by atomic mass is 9.89. The summed E-state index contributed by atoms with van der Waals surface area (Å²) in [5.41, 5.74) is 0.106. The molecule has 37 heavy (non-hydrogen) atoms. The fraction of sp³-hybridized carbons (Fsp3) is 0.458. The van der Waals surface area contributed by atoms with Crippen molar-refractivity contribution in [3.63, 3.8) is 0 Å². The molecule has 2 saturated heterocycles. The number of alkyl halides is 3. The number of urea groups is 1. The number of hydrogen-bond acceptors (Lipinski definition) is 4. The number of sulfonamides is 1. The Morgan fingerprint density at radius 1 is 0.973 bits per heavy atom. The average Bonchev–Trinajstić information content (AvgIpc) is 3.27. The number of amides is 2. The summed E-state index contributed by atoms with van der Waals surface area (Å²) in [6, 6.07) is 9.55. The van der Waals surface area contributed by atoms with Gasteiger partial charge < -0.3 is 14.5 Å². The van der Waals surface area contributed by atoms with Crippen molar-refractivity contribution < 1.29 is 31.1 Å². The standard InChI is InChI=1S/C24H26Cl2F3N3O4S/c1-37(34,35)32-10-8-30(9-11-32)23(33)31-13-17(20(14-31)16-2-7-21(25)22(26)12-16)15-36-19-5-3-18(4-6-19)24(27,28)29/h2-7,12,17,20H,8-11,13-15H2,1H3/t17-,20?/m0/s1. The normalized spacial score (nSPS) is 21.4. The zero-order chi connectivity index (χ0) is 27.0. The first kappa shape index (κ1) is 27.8. The van der Waals surface area contributed by atoms with E-state index in [1.54, 1.807) is 21.9 Å². The van der Waals surface area contributed by atoms with Crippen molar-refractivity contribution in [2.24, 2.45) is 5.92 Å². The van der Waals surface area contributed by atoms with Crippen LogP contribution in [-0.4, -0.2) is 80.7 Å². The topological polar surface area (TPSA) is 70.2 Å². The van der Waals surface area contributed by atoms with Crippen LogP contribution in [0.4, 0.5) is 18.0 Å². The second-order valence-electron chi connectivity index (χ2n) is 9.21. The Labute approximate surface area is 223 Å². The molecule has 13 heteroatoms. The van der Waals surface area contributed by atoms with Crippen molar-refractivity contribution in [1.82, 2.24) is 14.1 Å². The van der Waals surface area contributed by atoms with Gasteiger partial charge in [0.25, 0.3) is 0 Å². The van der Waals surface area contributed by atoms with Crippen LogP contribution in [0.2, 0.25) is 10.0 Å². The van der Waals surface area contributed by atoms with Crippen molar-refractivity contribution in [1.29, 1.82) is 0 Å². The number of piperazine rings is 1. The van der Waals surface area contributed by atoms with E-state index in [1.807, 2.05) is 6.07 Å². The summed E-state index contributed by atoms with van der Waals surface area (Å²) in [6.07, 6.45) is -3.29. The molecule has 2 aliphatic rings. The van der Waals surface area contributed by atoms with Crippen molar-refractivity contribution in [3.8, 4) is 5.75 Å². The minimum atomic E-state index is -4.43. The Bertz CT molecular complexity index is 1240. The lowest BCUT2D eigenvalue weighted by Crippen LogP contribution is -2.53. The van der Waals surface area contributed by atoms with Gasteiger partial charge in [0.15, 0.2) is 0 Å². The quantitative estimate of drug-likeness (QED) is 0.510. The van der Waals surface area contributed by atoms with E-state index in [1.165, 1.54) is 16.4 Å². The van der Waals surface area contributed by atoms with Crippen LogP contribution in [0.5, 0.6) is 5.75 Å². The molecule has 0 saturated carbocycles. The molecule has 0 N–H and O–H groups in total. The molecule has 0 spiro atoms. The maximum absolute atomic E-state index is 13.3. The van der Waals surface area contributed by atoms with Gasteiger partial charge in [-0.2, -0.15) is 17.5 Å². The summed E-state index contributed by atoms with van der Waals surface area (Å²) >= 11 is 12.3. The number of likely N-dealkylation sites (tertiary alicyclic amines) is 1. The van der Waals surface area contributed by atoms with E-state index in [4.69, 9.17) is 27.9 Å². The molecule has 2 amide bonds. The summed E-state index contributed by atoms with van der Waals surface area (Å²) in [6.45, 7) is 1.94. The lowest BCUT2D eigenvalue weighted by molar-refractivity contribution is -0.137. The van der Waals surface area contributed by atoms with Gasteiger partial charge in [-0.25, -0.2) is 13.2 Å². The first-order chi connectivity index (χ1) is 17.3. The molecule has 4 rings (SSSR count). The highest BCUT2D eigenvalue weighted by Crippen LogP contribution is 2.37. The minimum absolute atomic E-state index is 0.148. The third-order valence-electron chi connectivity index (χ3n) is 6.71. The highest BCUT2D eigenvalue weighted by Gasteiger charge is 2.39. The molecule has 2 heterocycles. The molecule has 202 valence electrons. The van der Waals surface area contributed by atoms with Gasteiger partial charge in [0, 0.05) is 51.1 Å². The van der Waals surface area contributed by atoms with Crippen LogP contribution in [-0.2, 0) is 16.2 Å². The predicted molar refractivity (Wildman–Crippen MR) is 135 cm³/mol. The highest BCUT2D eigenvalue weighted by atomic mass is 35.5. The zero-order valence-corrected chi connectivity index (χ0v) is 22.2. The van der Waals surface area contributed by atoms with Crippen LogP contribution in [0.25, 0.3) is 0 Å². The number of carbonyl (C=O) groups is 1. The Morgan fingerprint density at radius 3 is 2.19 bits per heavy atom. The molecule has 1 unspecified atom stereocenters. The van der Waals surface area contributed by atoms with E-state index in [9.17, 15) is 26.4 Å². The summed E-state index contributed by atoms with van der Waals surface area (Å²) in [7, 11) is -3.32. The molecular formula is C24H26Cl2F3N3O4S. The molecule has 2 aliphatic heterocycles. The Kier molecular flexibility index (Phi) is 8.18. The molecule has 0 aliphatic carbocycles. The number of halogens is 5. The number of benzene rings is 2. The Hall–Kier alpha value is -2.21. The second kappa shape index (κ2) is 10.9. The highest BCUT2D eigenvalue weighted by molar-refractivity contribution is 7.88. The zero-order valence-electron chi connectivity index (χ0n) is 19.9. The van der Waals surface area contributed by atoms with Gasteiger partial charge in [-0.1, -0.05) is 29.3 Å². The van der Waals surface area contributed by atoms with Crippen LogP contribution in [0.3, 0.4) is 0 Å². The number of rotatable bonds is 5.